The smallest absolute Gasteiger partial charge is 0.262 e. The normalized spacial score (nSPS) is 13.5. The molecule has 2 amide bonds. The first kappa shape index (κ1) is 29.1. The second-order valence-corrected chi connectivity index (χ2v) is 9.68. The predicted octanol–water partition coefficient (Wildman–Crippen LogP) is 4.84. The zero-order valence-electron chi connectivity index (χ0n) is 21.8. The standard InChI is InChI=1S/C29H28ClF2N3O5/c1-18-12-23(33-27(36)6-7-35-8-10-39-11-9-35)3-4-25(18)34-28(37)17-40-26-5-2-20(30)15-24(26)29(38)19-13-21(31)16-22(32)14-19/h2-5,12-16H,6-11,17H2,1H3,(H,33,36)(H,34,37). The number of aryl methyl sites for hydroxylation is 1. The van der Waals surface area contributed by atoms with E-state index in [0.717, 1.165) is 30.8 Å². The van der Waals surface area contributed by atoms with Gasteiger partial charge in [-0.15, -0.1) is 0 Å². The van der Waals surface area contributed by atoms with Gasteiger partial charge in [0.1, 0.15) is 17.4 Å². The molecular weight excluding hydrogens is 544 g/mol. The number of benzene rings is 3. The highest BCUT2D eigenvalue weighted by Crippen LogP contribution is 2.27. The van der Waals surface area contributed by atoms with Crippen LogP contribution in [0.4, 0.5) is 20.2 Å². The molecule has 1 heterocycles. The van der Waals surface area contributed by atoms with Gasteiger partial charge in [-0.25, -0.2) is 8.78 Å². The van der Waals surface area contributed by atoms with Crippen LogP contribution in [0, 0.1) is 18.6 Å². The van der Waals surface area contributed by atoms with Gasteiger partial charge in [0.2, 0.25) is 5.91 Å². The number of ether oxygens (including phenoxy) is 2. The van der Waals surface area contributed by atoms with E-state index in [9.17, 15) is 23.2 Å². The summed E-state index contributed by atoms with van der Waals surface area (Å²) in [4.78, 5) is 40.1. The quantitative estimate of drug-likeness (QED) is 0.338. The summed E-state index contributed by atoms with van der Waals surface area (Å²) < 4.78 is 38.2. The summed E-state index contributed by atoms with van der Waals surface area (Å²) in [5, 5.41) is 5.81. The fraction of sp³-hybridized carbons (Fsp3) is 0.276. The molecule has 11 heteroatoms. The van der Waals surface area contributed by atoms with Crippen molar-refractivity contribution in [2.24, 2.45) is 0 Å². The summed E-state index contributed by atoms with van der Waals surface area (Å²) in [5.74, 6) is -3.10. The third kappa shape index (κ3) is 8.08. The SMILES string of the molecule is Cc1cc(NC(=O)CCN2CCOCC2)ccc1NC(=O)COc1ccc(Cl)cc1C(=O)c1cc(F)cc(F)c1. The van der Waals surface area contributed by atoms with E-state index < -0.39 is 29.9 Å². The maximum absolute atomic E-state index is 13.6. The zero-order valence-corrected chi connectivity index (χ0v) is 22.5. The Morgan fingerprint density at radius 2 is 1.68 bits per heavy atom. The maximum atomic E-state index is 13.6. The molecule has 210 valence electrons. The molecule has 0 aliphatic carbocycles. The monoisotopic (exact) mass is 571 g/mol. The number of hydrogen-bond donors (Lipinski definition) is 2. The number of hydrogen-bond acceptors (Lipinski definition) is 6. The van der Waals surface area contributed by atoms with Crippen LogP contribution < -0.4 is 15.4 Å². The lowest BCUT2D eigenvalue weighted by Crippen LogP contribution is -2.38. The maximum Gasteiger partial charge on any atom is 0.262 e. The van der Waals surface area contributed by atoms with Gasteiger partial charge in [-0.3, -0.25) is 19.3 Å². The minimum atomic E-state index is -0.902. The topological polar surface area (TPSA) is 97.0 Å². The third-order valence-corrected chi connectivity index (χ3v) is 6.45. The highest BCUT2D eigenvalue weighted by Gasteiger charge is 2.19. The number of carbonyl (C=O) groups excluding carboxylic acids is 3. The fourth-order valence-corrected chi connectivity index (χ4v) is 4.34. The molecule has 40 heavy (non-hydrogen) atoms. The minimum absolute atomic E-state index is 0.0288. The molecule has 3 aromatic rings. The lowest BCUT2D eigenvalue weighted by molar-refractivity contribution is -0.118. The van der Waals surface area contributed by atoms with E-state index >= 15 is 0 Å². The van der Waals surface area contributed by atoms with E-state index in [1.807, 2.05) is 0 Å². The Hall–Kier alpha value is -3.86. The van der Waals surface area contributed by atoms with Gasteiger partial charge in [0, 0.05) is 54.1 Å². The van der Waals surface area contributed by atoms with Crippen LogP contribution in [0.5, 0.6) is 5.75 Å². The molecule has 0 unspecified atom stereocenters. The van der Waals surface area contributed by atoms with E-state index in [-0.39, 0.29) is 27.8 Å². The largest absolute Gasteiger partial charge is 0.483 e. The van der Waals surface area contributed by atoms with Crippen molar-refractivity contribution in [2.45, 2.75) is 13.3 Å². The lowest BCUT2D eigenvalue weighted by Gasteiger charge is -2.26. The molecule has 0 aromatic heterocycles. The van der Waals surface area contributed by atoms with Gasteiger partial charge < -0.3 is 20.1 Å². The third-order valence-electron chi connectivity index (χ3n) is 6.21. The average molecular weight is 572 g/mol. The van der Waals surface area contributed by atoms with Crippen molar-refractivity contribution in [3.63, 3.8) is 0 Å². The van der Waals surface area contributed by atoms with Crippen LogP contribution in [-0.4, -0.2) is 62.0 Å². The Balaban J connectivity index is 1.33. The summed E-state index contributed by atoms with van der Waals surface area (Å²) in [6.45, 7) is 4.97. The molecule has 8 nitrogen and oxygen atoms in total. The molecule has 3 aromatic carbocycles. The number of nitrogens with one attached hydrogen (secondary N) is 2. The second kappa shape index (κ2) is 13.5. The molecule has 0 spiro atoms. The van der Waals surface area contributed by atoms with Gasteiger partial charge >= 0.3 is 0 Å². The minimum Gasteiger partial charge on any atom is -0.483 e. The Kier molecular flexibility index (Phi) is 9.81. The molecule has 0 radical (unpaired) electrons. The first-order chi connectivity index (χ1) is 19.2. The summed E-state index contributed by atoms with van der Waals surface area (Å²) in [6.07, 6.45) is 0.359. The van der Waals surface area contributed by atoms with E-state index in [0.29, 0.717) is 43.6 Å². The fourth-order valence-electron chi connectivity index (χ4n) is 4.17. The molecule has 0 saturated carbocycles. The number of rotatable bonds is 10. The molecular formula is C29H28ClF2N3O5. The number of morpholine rings is 1. The number of carbonyl (C=O) groups is 3. The van der Waals surface area contributed by atoms with Crippen molar-refractivity contribution in [1.29, 1.82) is 0 Å². The van der Waals surface area contributed by atoms with Gasteiger partial charge in [-0.2, -0.15) is 0 Å². The van der Waals surface area contributed by atoms with Crippen molar-refractivity contribution in [2.75, 3.05) is 50.1 Å². The zero-order chi connectivity index (χ0) is 28.6. The highest BCUT2D eigenvalue weighted by molar-refractivity contribution is 6.31. The van der Waals surface area contributed by atoms with Crippen LogP contribution in [0.2, 0.25) is 5.02 Å². The average Bonchev–Trinajstić information content (AvgIpc) is 2.92. The lowest BCUT2D eigenvalue weighted by atomic mass is 10.0. The Morgan fingerprint density at radius 3 is 2.38 bits per heavy atom. The van der Waals surface area contributed by atoms with Crippen LogP contribution >= 0.6 is 11.6 Å². The number of halogens is 3. The molecule has 1 fully saturated rings. The Morgan fingerprint density at radius 1 is 0.950 bits per heavy atom. The van der Waals surface area contributed by atoms with E-state index in [1.165, 1.54) is 18.2 Å². The number of anilines is 2. The summed E-state index contributed by atoms with van der Waals surface area (Å²) >= 11 is 6.03. The summed E-state index contributed by atoms with van der Waals surface area (Å²) in [6, 6.07) is 11.7. The van der Waals surface area contributed by atoms with Crippen molar-refractivity contribution in [1.82, 2.24) is 4.90 Å². The Labute approximate surface area is 235 Å². The van der Waals surface area contributed by atoms with E-state index in [2.05, 4.69) is 15.5 Å². The van der Waals surface area contributed by atoms with Gasteiger partial charge in [0.25, 0.3) is 5.91 Å². The number of amides is 2. The van der Waals surface area contributed by atoms with Gasteiger partial charge in [-0.05, 0) is 61.0 Å². The molecule has 1 saturated heterocycles. The molecule has 1 aliphatic rings. The van der Waals surface area contributed by atoms with Gasteiger partial charge in [0.05, 0.1) is 18.8 Å². The first-order valence-electron chi connectivity index (χ1n) is 12.6. The molecule has 4 rings (SSSR count). The van der Waals surface area contributed by atoms with E-state index in [1.54, 1.807) is 25.1 Å². The van der Waals surface area contributed by atoms with Crippen LogP contribution in [-0.2, 0) is 14.3 Å². The number of nitrogens with zero attached hydrogens (tertiary/aromatic N) is 1. The predicted molar refractivity (Wildman–Crippen MR) is 147 cm³/mol. The van der Waals surface area contributed by atoms with Gasteiger partial charge in [0.15, 0.2) is 12.4 Å². The molecule has 0 bridgehead atoms. The van der Waals surface area contributed by atoms with Crippen molar-refractivity contribution < 1.29 is 32.6 Å². The Bertz CT molecular complexity index is 1390. The summed E-state index contributed by atoms with van der Waals surface area (Å²) in [5.41, 5.74) is 1.57. The van der Waals surface area contributed by atoms with Crippen LogP contribution in [0.25, 0.3) is 0 Å². The second-order valence-electron chi connectivity index (χ2n) is 9.25. The number of ketones is 1. The van der Waals surface area contributed by atoms with Crippen molar-refractivity contribution >= 4 is 40.6 Å². The molecule has 0 atom stereocenters. The summed E-state index contributed by atoms with van der Waals surface area (Å²) in [7, 11) is 0. The highest BCUT2D eigenvalue weighted by atomic mass is 35.5. The van der Waals surface area contributed by atoms with Crippen molar-refractivity contribution in [3.8, 4) is 5.75 Å². The van der Waals surface area contributed by atoms with Crippen LogP contribution in [0.15, 0.2) is 54.6 Å². The molecule has 1 aliphatic heterocycles. The van der Waals surface area contributed by atoms with Crippen molar-refractivity contribution in [3.05, 3.63) is 87.9 Å². The van der Waals surface area contributed by atoms with Gasteiger partial charge in [-0.1, -0.05) is 11.6 Å². The van der Waals surface area contributed by atoms with Crippen LogP contribution in [0.1, 0.15) is 27.9 Å². The first-order valence-corrected chi connectivity index (χ1v) is 13.0. The molecule has 2 N–H and O–H groups in total. The van der Waals surface area contributed by atoms with E-state index in [4.69, 9.17) is 21.1 Å². The van der Waals surface area contributed by atoms with Crippen LogP contribution in [0.3, 0.4) is 0 Å².